The van der Waals surface area contributed by atoms with Crippen molar-refractivity contribution in [1.29, 1.82) is 0 Å². The number of hydrogen-bond donors (Lipinski definition) is 1. The van der Waals surface area contributed by atoms with Gasteiger partial charge in [-0.3, -0.25) is 0 Å². The van der Waals surface area contributed by atoms with E-state index in [9.17, 15) is 17.6 Å². The van der Waals surface area contributed by atoms with E-state index in [1.807, 2.05) is 0 Å². The molecule has 0 aliphatic rings. The van der Waals surface area contributed by atoms with E-state index in [0.29, 0.717) is 17.8 Å². The van der Waals surface area contributed by atoms with Gasteiger partial charge in [0.1, 0.15) is 5.82 Å². The molecule has 0 fully saturated rings. The standard InChI is InChI=1S/C15H13F4N/c1-10-7-11(5-6-14(10)16)9-20-13-4-2-3-12(8-13)15(17,18)19/h2-8,20H,9H2,1H3. The van der Waals surface area contributed by atoms with E-state index in [1.54, 1.807) is 25.1 Å². The predicted octanol–water partition coefficient (Wildman–Crippen LogP) is 4.77. The first-order valence-electron chi connectivity index (χ1n) is 6.02. The van der Waals surface area contributed by atoms with Crippen LogP contribution >= 0.6 is 0 Å². The Morgan fingerprint density at radius 3 is 2.45 bits per heavy atom. The summed E-state index contributed by atoms with van der Waals surface area (Å²) in [7, 11) is 0. The summed E-state index contributed by atoms with van der Waals surface area (Å²) in [6, 6.07) is 9.59. The van der Waals surface area contributed by atoms with Gasteiger partial charge in [-0.1, -0.05) is 18.2 Å². The normalized spacial score (nSPS) is 11.4. The van der Waals surface area contributed by atoms with Gasteiger partial charge in [-0.2, -0.15) is 13.2 Å². The summed E-state index contributed by atoms with van der Waals surface area (Å²) in [6.07, 6.45) is -4.36. The molecule has 0 saturated carbocycles. The van der Waals surface area contributed by atoms with E-state index in [-0.39, 0.29) is 5.82 Å². The Kier molecular flexibility index (Phi) is 3.97. The van der Waals surface area contributed by atoms with Gasteiger partial charge in [-0.05, 0) is 42.3 Å². The van der Waals surface area contributed by atoms with Crippen LogP contribution in [0.1, 0.15) is 16.7 Å². The fourth-order valence-corrected chi connectivity index (χ4v) is 1.83. The number of anilines is 1. The highest BCUT2D eigenvalue weighted by Gasteiger charge is 2.30. The quantitative estimate of drug-likeness (QED) is 0.800. The zero-order valence-corrected chi connectivity index (χ0v) is 10.8. The Morgan fingerprint density at radius 2 is 1.80 bits per heavy atom. The fourth-order valence-electron chi connectivity index (χ4n) is 1.83. The summed E-state index contributed by atoms with van der Waals surface area (Å²) >= 11 is 0. The molecular formula is C15H13F4N. The molecule has 2 rings (SSSR count). The van der Waals surface area contributed by atoms with E-state index in [2.05, 4.69) is 5.32 Å². The van der Waals surface area contributed by atoms with Crippen LogP contribution in [0.2, 0.25) is 0 Å². The van der Waals surface area contributed by atoms with Gasteiger partial charge < -0.3 is 5.32 Å². The third-order valence-corrected chi connectivity index (χ3v) is 2.91. The SMILES string of the molecule is Cc1cc(CNc2cccc(C(F)(F)F)c2)ccc1F. The lowest BCUT2D eigenvalue weighted by atomic mass is 10.1. The summed E-state index contributed by atoms with van der Waals surface area (Å²) in [5.41, 5.74) is 0.995. The molecule has 0 aliphatic heterocycles. The Morgan fingerprint density at radius 1 is 1.05 bits per heavy atom. The van der Waals surface area contributed by atoms with Gasteiger partial charge in [0.25, 0.3) is 0 Å². The van der Waals surface area contributed by atoms with Crippen molar-refractivity contribution in [2.24, 2.45) is 0 Å². The van der Waals surface area contributed by atoms with E-state index in [1.165, 1.54) is 12.1 Å². The van der Waals surface area contributed by atoms with Crippen molar-refractivity contribution in [3.05, 3.63) is 65.0 Å². The number of alkyl halides is 3. The van der Waals surface area contributed by atoms with E-state index < -0.39 is 11.7 Å². The van der Waals surface area contributed by atoms with Crippen molar-refractivity contribution in [3.8, 4) is 0 Å². The highest BCUT2D eigenvalue weighted by atomic mass is 19.4. The van der Waals surface area contributed by atoms with Crippen LogP contribution in [-0.2, 0) is 12.7 Å². The average Bonchev–Trinajstić information content (AvgIpc) is 2.39. The second-order valence-corrected chi connectivity index (χ2v) is 4.52. The van der Waals surface area contributed by atoms with Gasteiger partial charge in [0, 0.05) is 12.2 Å². The first-order valence-corrected chi connectivity index (χ1v) is 6.02. The number of aryl methyl sites for hydroxylation is 1. The second-order valence-electron chi connectivity index (χ2n) is 4.52. The zero-order chi connectivity index (χ0) is 14.8. The highest BCUT2D eigenvalue weighted by molar-refractivity contribution is 5.47. The molecule has 0 amide bonds. The fraction of sp³-hybridized carbons (Fsp3) is 0.200. The van der Waals surface area contributed by atoms with Crippen LogP contribution in [0.15, 0.2) is 42.5 Å². The molecule has 0 spiro atoms. The van der Waals surface area contributed by atoms with Crippen LogP contribution < -0.4 is 5.32 Å². The van der Waals surface area contributed by atoms with Crippen LogP contribution in [0.3, 0.4) is 0 Å². The maximum Gasteiger partial charge on any atom is 0.416 e. The van der Waals surface area contributed by atoms with Gasteiger partial charge >= 0.3 is 6.18 Å². The lowest BCUT2D eigenvalue weighted by molar-refractivity contribution is -0.137. The molecule has 0 atom stereocenters. The number of nitrogens with one attached hydrogen (secondary N) is 1. The van der Waals surface area contributed by atoms with Crippen LogP contribution in [0.25, 0.3) is 0 Å². The van der Waals surface area contributed by atoms with Gasteiger partial charge in [0.2, 0.25) is 0 Å². The third-order valence-electron chi connectivity index (χ3n) is 2.91. The number of halogens is 4. The molecule has 5 heteroatoms. The summed E-state index contributed by atoms with van der Waals surface area (Å²) in [4.78, 5) is 0. The Labute approximate surface area is 114 Å². The van der Waals surface area contributed by atoms with Gasteiger partial charge in [-0.15, -0.1) is 0 Å². The summed E-state index contributed by atoms with van der Waals surface area (Å²) in [6.45, 7) is 1.98. The molecule has 1 nitrogen and oxygen atoms in total. The van der Waals surface area contributed by atoms with Crippen LogP contribution in [-0.4, -0.2) is 0 Å². The Bertz CT molecular complexity index is 605. The predicted molar refractivity (Wildman–Crippen MR) is 69.9 cm³/mol. The molecule has 2 aromatic rings. The van der Waals surface area contributed by atoms with Crippen molar-refractivity contribution >= 4 is 5.69 Å². The molecule has 1 N–H and O–H groups in total. The van der Waals surface area contributed by atoms with Crippen molar-refractivity contribution in [2.75, 3.05) is 5.32 Å². The first kappa shape index (κ1) is 14.4. The molecule has 0 unspecified atom stereocenters. The minimum atomic E-state index is -4.36. The van der Waals surface area contributed by atoms with Crippen LogP contribution in [0.5, 0.6) is 0 Å². The van der Waals surface area contributed by atoms with E-state index in [4.69, 9.17) is 0 Å². The minimum Gasteiger partial charge on any atom is -0.381 e. The molecule has 0 aliphatic carbocycles. The van der Waals surface area contributed by atoms with E-state index >= 15 is 0 Å². The van der Waals surface area contributed by atoms with Crippen molar-refractivity contribution in [2.45, 2.75) is 19.6 Å². The first-order chi connectivity index (χ1) is 9.36. The molecule has 20 heavy (non-hydrogen) atoms. The second kappa shape index (κ2) is 5.53. The topological polar surface area (TPSA) is 12.0 Å². The van der Waals surface area contributed by atoms with Crippen LogP contribution in [0.4, 0.5) is 23.2 Å². The van der Waals surface area contributed by atoms with Crippen molar-refractivity contribution < 1.29 is 17.6 Å². The molecule has 0 bridgehead atoms. The highest BCUT2D eigenvalue weighted by Crippen LogP contribution is 2.30. The molecule has 106 valence electrons. The number of benzene rings is 2. The van der Waals surface area contributed by atoms with E-state index in [0.717, 1.165) is 17.7 Å². The Balaban J connectivity index is 2.09. The van der Waals surface area contributed by atoms with Crippen LogP contribution in [0, 0.1) is 12.7 Å². The smallest absolute Gasteiger partial charge is 0.381 e. The molecular weight excluding hydrogens is 270 g/mol. The summed E-state index contributed by atoms with van der Waals surface area (Å²) in [5, 5.41) is 2.90. The monoisotopic (exact) mass is 283 g/mol. The maximum absolute atomic E-state index is 13.1. The largest absolute Gasteiger partial charge is 0.416 e. The van der Waals surface area contributed by atoms with Gasteiger partial charge in [0.15, 0.2) is 0 Å². The lowest BCUT2D eigenvalue weighted by Gasteiger charge is -2.11. The van der Waals surface area contributed by atoms with Crippen molar-refractivity contribution in [1.82, 2.24) is 0 Å². The van der Waals surface area contributed by atoms with Gasteiger partial charge in [-0.25, -0.2) is 4.39 Å². The summed E-state index contributed by atoms with van der Waals surface area (Å²) in [5.74, 6) is -0.298. The van der Waals surface area contributed by atoms with Gasteiger partial charge in [0.05, 0.1) is 5.56 Å². The number of rotatable bonds is 3. The molecule has 0 radical (unpaired) electrons. The molecule has 0 heterocycles. The summed E-state index contributed by atoms with van der Waals surface area (Å²) < 4.78 is 50.8. The average molecular weight is 283 g/mol. The zero-order valence-electron chi connectivity index (χ0n) is 10.8. The number of hydrogen-bond acceptors (Lipinski definition) is 1. The molecule has 0 aromatic heterocycles. The maximum atomic E-state index is 13.1. The lowest BCUT2D eigenvalue weighted by Crippen LogP contribution is -2.06. The minimum absolute atomic E-state index is 0.298. The van der Waals surface area contributed by atoms with Crippen molar-refractivity contribution in [3.63, 3.8) is 0 Å². The third kappa shape index (κ3) is 3.50. The molecule has 0 saturated heterocycles. The Hall–Kier alpha value is -2.04. The molecule has 2 aromatic carbocycles.